The number of carboxylic acids is 1. The number of hydrogen-bond acceptors (Lipinski definition) is 2. The molecule has 0 fully saturated rings. The second-order valence-corrected chi connectivity index (χ2v) is 3.59. The topological polar surface area (TPSA) is 66.4 Å². The third kappa shape index (κ3) is 4.51. The average Bonchev–Trinajstić information content (AvgIpc) is 2.29. The van der Waals surface area contributed by atoms with Crippen LogP contribution in [0.3, 0.4) is 0 Å². The summed E-state index contributed by atoms with van der Waals surface area (Å²) in [6.45, 7) is 1.70. The van der Waals surface area contributed by atoms with E-state index in [9.17, 15) is 9.59 Å². The summed E-state index contributed by atoms with van der Waals surface area (Å²) < 4.78 is 0. The fraction of sp³-hybridized carbons (Fsp3) is 0.231. The lowest BCUT2D eigenvalue weighted by Crippen LogP contribution is -2.41. The Morgan fingerprint density at radius 2 is 2.00 bits per heavy atom. The molecular weight excluding hydrogens is 218 g/mol. The molecule has 0 radical (unpaired) electrons. The maximum absolute atomic E-state index is 11.3. The van der Waals surface area contributed by atoms with Gasteiger partial charge < -0.3 is 10.4 Å². The Labute approximate surface area is 100.0 Å². The molecule has 4 heteroatoms. The van der Waals surface area contributed by atoms with Crippen molar-refractivity contribution in [2.75, 3.05) is 0 Å². The monoisotopic (exact) mass is 233 g/mol. The van der Waals surface area contributed by atoms with Crippen LogP contribution < -0.4 is 5.32 Å². The van der Waals surface area contributed by atoms with E-state index in [0.29, 0.717) is 0 Å². The summed E-state index contributed by atoms with van der Waals surface area (Å²) in [6, 6.07) is 8.29. The van der Waals surface area contributed by atoms with Gasteiger partial charge in [0.1, 0.15) is 6.04 Å². The molecular formula is C13H15NO3. The van der Waals surface area contributed by atoms with E-state index in [1.807, 2.05) is 30.3 Å². The molecule has 0 aliphatic rings. The normalized spacial score (nSPS) is 12.3. The molecule has 0 bridgehead atoms. The van der Waals surface area contributed by atoms with Gasteiger partial charge in [0.15, 0.2) is 0 Å². The van der Waals surface area contributed by atoms with Crippen molar-refractivity contribution in [2.24, 2.45) is 0 Å². The predicted octanol–water partition coefficient (Wildman–Crippen LogP) is 1.37. The summed E-state index contributed by atoms with van der Waals surface area (Å²) in [4.78, 5) is 22.3. The van der Waals surface area contributed by atoms with Crippen LogP contribution in [0.15, 0.2) is 42.5 Å². The molecule has 90 valence electrons. The Bertz CT molecular complexity index is 412. The molecule has 0 aliphatic heterocycles. The highest BCUT2D eigenvalue weighted by Crippen LogP contribution is 2.03. The molecule has 0 aliphatic carbocycles. The summed E-state index contributed by atoms with van der Waals surface area (Å²) in [7, 11) is 0. The molecule has 1 atom stereocenters. The second-order valence-electron chi connectivity index (χ2n) is 3.59. The van der Waals surface area contributed by atoms with Crippen LogP contribution in [0.25, 0.3) is 0 Å². The van der Waals surface area contributed by atoms with E-state index in [1.165, 1.54) is 6.08 Å². The lowest BCUT2D eigenvalue weighted by molar-refractivity contribution is -0.141. The average molecular weight is 233 g/mol. The van der Waals surface area contributed by atoms with Crippen LogP contribution in [0.5, 0.6) is 0 Å². The third-order valence-electron chi connectivity index (χ3n) is 2.22. The summed E-state index contributed by atoms with van der Waals surface area (Å²) in [5.74, 6) is -1.43. The van der Waals surface area contributed by atoms with Crippen LogP contribution in [0.2, 0.25) is 0 Å². The van der Waals surface area contributed by atoms with Crippen molar-refractivity contribution in [1.82, 2.24) is 5.32 Å². The minimum Gasteiger partial charge on any atom is -0.480 e. The van der Waals surface area contributed by atoms with Gasteiger partial charge >= 0.3 is 5.97 Å². The van der Waals surface area contributed by atoms with Crippen molar-refractivity contribution in [3.8, 4) is 0 Å². The minimum atomic E-state index is -1.04. The zero-order chi connectivity index (χ0) is 12.7. The first kappa shape index (κ1) is 13.0. The van der Waals surface area contributed by atoms with Crippen LogP contribution in [-0.2, 0) is 16.0 Å². The van der Waals surface area contributed by atoms with Crippen molar-refractivity contribution < 1.29 is 14.7 Å². The van der Waals surface area contributed by atoms with E-state index in [4.69, 9.17) is 5.11 Å². The van der Waals surface area contributed by atoms with Gasteiger partial charge in [-0.1, -0.05) is 36.4 Å². The van der Waals surface area contributed by atoms with Crippen molar-refractivity contribution >= 4 is 11.9 Å². The van der Waals surface area contributed by atoms with E-state index in [0.717, 1.165) is 5.56 Å². The van der Waals surface area contributed by atoms with Gasteiger partial charge in [-0.15, -0.1) is 0 Å². The van der Waals surface area contributed by atoms with Gasteiger partial charge in [-0.2, -0.15) is 0 Å². The van der Waals surface area contributed by atoms with Gasteiger partial charge in [-0.3, -0.25) is 4.79 Å². The Balaban J connectivity index is 2.67. The molecule has 0 spiro atoms. The van der Waals surface area contributed by atoms with Gasteiger partial charge in [-0.25, -0.2) is 4.79 Å². The number of amides is 1. The Kier molecular flexibility index (Phi) is 4.94. The maximum atomic E-state index is 11.3. The number of aliphatic carboxylic acids is 1. The molecule has 2 N–H and O–H groups in total. The number of rotatable bonds is 5. The van der Waals surface area contributed by atoms with E-state index in [-0.39, 0.29) is 6.42 Å². The fourth-order valence-electron chi connectivity index (χ4n) is 1.42. The molecule has 1 aromatic rings. The van der Waals surface area contributed by atoms with Crippen LogP contribution in [0.1, 0.15) is 12.5 Å². The predicted molar refractivity (Wildman–Crippen MR) is 64.5 cm³/mol. The number of carboxylic acid groups (broad SMARTS) is 1. The molecule has 1 aromatic carbocycles. The first-order valence-electron chi connectivity index (χ1n) is 5.33. The van der Waals surface area contributed by atoms with Gasteiger partial charge in [-0.05, 0) is 18.6 Å². The van der Waals surface area contributed by atoms with Gasteiger partial charge in [0, 0.05) is 6.42 Å². The number of allylic oxidation sites excluding steroid dienone is 1. The maximum Gasteiger partial charge on any atom is 0.326 e. The lowest BCUT2D eigenvalue weighted by Gasteiger charge is -2.13. The summed E-state index contributed by atoms with van der Waals surface area (Å²) in [5, 5.41) is 11.5. The van der Waals surface area contributed by atoms with Crippen molar-refractivity contribution in [3.63, 3.8) is 0 Å². The zero-order valence-electron chi connectivity index (χ0n) is 9.59. The molecule has 4 nitrogen and oxygen atoms in total. The van der Waals surface area contributed by atoms with E-state index >= 15 is 0 Å². The van der Waals surface area contributed by atoms with E-state index in [2.05, 4.69) is 5.32 Å². The molecule has 0 unspecified atom stereocenters. The molecule has 0 saturated carbocycles. The molecule has 1 amide bonds. The number of carbonyl (C=O) groups excluding carboxylic acids is 1. The van der Waals surface area contributed by atoms with Crippen molar-refractivity contribution in [1.29, 1.82) is 0 Å². The molecule has 0 aromatic heterocycles. The van der Waals surface area contributed by atoms with Crippen LogP contribution >= 0.6 is 0 Å². The third-order valence-corrected chi connectivity index (χ3v) is 2.22. The molecule has 0 saturated heterocycles. The fourth-order valence-corrected chi connectivity index (χ4v) is 1.42. The highest BCUT2D eigenvalue weighted by Gasteiger charge is 2.18. The number of hydrogen-bond donors (Lipinski definition) is 2. The number of carbonyl (C=O) groups is 2. The second kappa shape index (κ2) is 6.48. The molecule has 17 heavy (non-hydrogen) atoms. The number of benzene rings is 1. The SMILES string of the molecule is C/C=C\C(=O)N[C@H](Cc1ccccc1)C(=O)O. The first-order valence-corrected chi connectivity index (χ1v) is 5.33. The van der Waals surface area contributed by atoms with Crippen LogP contribution in [-0.4, -0.2) is 23.0 Å². The highest BCUT2D eigenvalue weighted by atomic mass is 16.4. The van der Waals surface area contributed by atoms with Crippen molar-refractivity contribution in [2.45, 2.75) is 19.4 Å². The molecule has 1 rings (SSSR count). The van der Waals surface area contributed by atoms with E-state index in [1.54, 1.807) is 13.0 Å². The quantitative estimate of drug-likeness (QED) is 0.755. The zero-order valence-corrected chi connectivity index (χ0v) is 9.59. The van der Waals surface area contributed by atoms with Gasteiger partial charge in [0.05, 0.1) is 0 Å². The largest absolute Gasteiger partial charge is 0.480 e. The smallest absolute Gasteiger partial charge is 0.326 e. The Morgan fingerprint density at radius 1 is 1.35 bits per heavy atom. The van der Waals surface area contributed by atoms with Gasteiger partial charge in [0.2, 0.25) is 5.91 Å². The standard InChI is InChI=1S/C13H15NO3/c1-2-6-12(15)14-11(13(16)17)9-10-7-4-3-5-8-10/h2-8,11H,9H2,1H3,(H,14,15)(H,16,17)/b6-2-/t11-/m1/s1. The lowest BCUT2D eigenvalue weighted by atomic mass is 10.1. The van der Waals surface area contributed by atoms with E-state index < -0.39 is 17.9 Å². The minimum absolute atomic E-state index is 0.277. The summed E-state index contributed by atoms with van der Waals surface area (Å²) in [6.07, 6.45) is 3.15. The summed E-state index contributed by atoms with van der Waals surface area (Å²) >= 11 is 0. The Hall–Kier alpha value is -2.10. The van der Waals surface area contributed by atoms with Crippen LogP contribution in [0.4, 0.5) is 0 Å². The molecule has 0 heterocycles. The summed E-state index contributed by atoms with van der Waals surface area (Å²) in [5.41, 5.74) is 0.876. The first-order chi connectivity index (χ1) is 8.13. The van der Waals surface area contributed by atoms with Crippen LogP contribution in [0, 0.1) is 0 Å². The van der Waals surface area contributed by atoms with Gasteiger partial charge in [0.25, 0.3) is 0 Å². The van der Waals surface area contributed by atoms with Crippen molar-refractivity contribution in [3.05, 3.63) is 48.0 Å². The number of nitrogens with one attached hydrogen (secondary N) is 1. The highest BCUT2D eigenvalue weighted by molar-refractivity contribution is 5.91. The Morgan fingerprint density at radius 3 is 2.53 bits per heavy atom.